The SMILES string of the molecule is CCOB(OCC)OCC.[Li]. The fourth-order valence-electron chi connectivity index (χ4n) is 0.553. The quantitative estimate of drug-likeness (QED) is 0.525. The van der Waals surface area contributed by atoms with Crippen molar-refractivity contribution in [3.8, 4) is 0 Å². The third-order valence-corrected chi connectivity index (χ3v) is 0.908. The maximum atomic E-state index is 5.08. The van der Waals surface area contributed by atoms with Crippen molar-refractivity contribution < 1.29 is 14.0 Å². The maximum absolute atomic E-state index is 5.08. The molecule has 0 heterocycles. The van der Waals surface area contributed by atoms with Gasteiger partial charge in [0.15, 0.2) is 0 Å². The summed E-state index contributed by atoms with van der Waals surface area (Å²) in [4.78, 5) is 0. The maximum Gasteiger partial charge on any atom is 0.639 e. The topological polar surface area (TPSA) is 27.7 Å². The molecule has 11 heavy (non-hydrogen) atoms. The van der Waals surface area contributed by atoms with Crippen molar-refractivity contribution in [3.05, 3.63) is 0 Å². The molecule has 0 fully saturated rings. The molecule has 0 N–H and O–H groups in total. The Kier molecular flexibility index (Phi) is 13.5. The fourth-order valence-corrected chi connectivity index (χ4v) is 0.553. The monoisotopic (exact) mass is 153 g/mol. The molecule has 0 bridgehead atoms. The van der Waals surface area contributed by atoms with Gasteiger partial charge < -0.3 is 14.0 Å². The number of rotatable bonds is 6. The Morgan fingerprint density at radius 1 is 0.818 bits per heavy atom. The van der Waals surface area contributed by atoms with Gasteiger partial charge in [-0.3, -0.25) is 0 Å². The van der Waals surface area contributed by atoms with Gasteiger partial charge in [-0.05, 0) is 20.8 Å². The second-order valence-corrected chi connectivity index (χ2v) is 1.65. The van der Waals surface area contributed by atoms with E-state index < -0.39 is 7.32 Å². The first kappa shape index (κ1) is 14.1. The van der Waals surface area contributed by atoms with Crippen LogP contribution in [0.1, 0.15) is 20.8 Å². The van der Waals surface area contributed by atoms with Crippen molar-refractivity contribution in [1.29, 1.82) is 0 Å². The van der Waals surface area contributed by atoms with Gasteiger partial charge in [-0.1, -0.05) is 0 Å². The third kappa shape index (κ3) is 8.45. The van der Waals surface area contributed by atoms with Crippen LogP contribution in [0, 0.1) is 0 Å². The molecule has 0 aliphatic carbocycles. The van der Waals surface area contributed by atoms with Gasteiger partial charge >= 0.3 is 7.32 Å². The Balaban J connectivity index is 0. The minimum absolute atomic E-state index is 0. The molecule has 1 radical (unpaired) electrons. The second-order valence-electron chi connectivity index (χ2n) is 1.65. The molecule has 0 aromatic carbocycles. The average molecular weight is 153 g/mol. The van der Waals surface area contributed by atoms with Gasteiger partial charge in [0.2, 0.25) is 0 Å². The van der Waals surface area contributed by atoms with E-state index in [2.05, 4.69) is 0 Å². The molecular weight excluding hydrogens is 138 g/mol. The van der Waals surface area contributed by atoms with Gasteiger partial charge in [0.05, 0.1) is 0 Å². The van der Waals surface area contributed by atoms with Crippen LogP contribution in [0.2, 0.25) is 0 Å². The molecule has 0 aromatic heterocycles. The Morgan fingerprint density at radius 3 is 1.27 bits per heavy atom. The van der Waals surface area contributed by atoms with Gasteiger partial charge in [0.25, 0.3) is 0 Å². The van der Waals surface area contributed by atoms with Crippen LogP contribution in [0.15, 0.2) is 0 Å². The first-order valence-corrected chi connectivity index (χ1v) is 3.69. The summed E-state index contributed by atoms with van der Waals surface area (Å²) in [5, 5.41) is 0. The van der Waals surface area contributed by atoms with Crippen molar-refractivity contribution in [2.75, 3.05) is 19.8 Å². The van der Waals surface area contributed by atoms with E-state index in [0.29, 0.717) is 19.8 Å². The zero-order chi connectivity index (χ0) is 7.82. The predicted molar refractivity (Wildman–Crippen MR) is 46.4 cm³/mol. The second kappa shape index (κ2) is 10.5. The van der Waals surface area contributed by atoms with Crippen LogP contribution in [-0.2, 0) is 14.0 Å². The van der Waals surface area contributed by atoms with Gasteiger partial charge in [-0.25, -0.2) is 0 Å². The molecule has 61 valence electrons. The summed E-state index contributed by atoms with van der Waals surface area (Å²) < 4.78 is 15.2. The Hall–Kier alpha value is 0.542. The van der Waals surface area contributed by atoms with E-state index in [1.807, 2.05) is 20.8 Å². The summed E-state index contributed by atoms with van der Waals surface area (Å²) in [5.41, 5.74) is 0. The summed E-state index contributed by atoms with van der Waals surface area (Å²) in [6.07, 6.45) is 0. The van der Waals surface area contributed by atoms with Crippen molar-refractivity contribution in [1.82, 2.24) is 0 Å². The molecule has 0 aliphatic rings. The molecule has 0 unspecified atom stereocenters. The zero-order valence-electron chi connectivity index (χ0n) is 7.92. The van der Waals surface area contributed by atoms with Crippen molar-refractivity contribution in [2.45, 2.75) is 20.8 Å². The molecule has 0 rings (SSSR count). The van der Waals surface area contributed by atoms with E-state index in [0.717, 1.165) is 0 Å². The van der Waals surface area contributed by atoms with Gasteiger partial charge in [0, 0.05) is 38.7 Å². The van der Waals surface area contributed by atoms with Crippen LogP contribution in [0.5, 0.6) is 0 Å². The van der Waals surface area contributed by atoms with Gasteiger partial charge in [0.1, 0.15) is 0 Å². The summed E-state index contributed by atoms with van der Waals surface area (Å²) >= 11 is 0. The van der Waals surface area contributed by atoms with Crippen LogP contribution in [0.25, 0.3) is 0 Å². The summed E-state index contributed by atoms with van der Waals surface area (Å²) in [5.74, 6) is 0. The Morgan fingerprint density at radius 2 is 1.09 bits per heavy atom. The van der Waals surface area contributed by atoms with E-state index in [-0.39, 0.29) is 18.9 Å². The molecule has 0 saturated carbocycles. The van der Waals surface area contributed by atoms with E-state index in [1.54, 1.807) is 0 Å². The molecule has 0 aliphatic heterocycles. The minimum atomic E-state index is -0.472. The standard InChI is InChI=1S/C6H15BO3.Li/c1-4-8-7(9-5-2)10-6-3;/h4-6H2,1-3H3;. The third-order valence-electron chi connectivity index (χ3n) is 0.908. The van der Waals surface area contributed by atoms with Gasteiger partial charge in [-0.15, -0.1) is 0 Å². The van der Waals surface area contributed by atoms with Crippen LogP contribution < -0.4 is 0 Å². The molecule has 0 spiro atoms. The van der Waals surface area contributed by atoms with Crippen molar-refractivity contribution in [2.24, 2.45) is 0 Å². The number of hydrogen-bond acceptors (Lipinski definition) is 3. The van der Waals surface area contributed by atoms with Gasteiger partial charge in [-0.2, -0.15) is 0 Å². The normalized spacial score (nSPS) is 9.00. The largest absolute Gasteiger partial charge is 0.639 e. The van der Waals surface area contributed by atoms with Crippen LogP contribution in [0.4, 0.5) is 0 Å². The van der Waals surface area contributed by atoms with E-state index in [9.17, 15) is 0 Å². The number of hydrogen-bond donors (Lipinski definition) is 0. The molecule has 3 nitrogen and oxygen atoms in total. The smallest absolute Gasteiger partial charge is 0.386 e. The molecule has 0 saturated heterocycles. The van der Waals surface area contributed by atoms with Crippen LogP contribution in [0.3, 0.4) is 0 Å². The molecule has 0 aromatic rings. The average Bonchev–Trinajstić information content (AvgIpc) is 1.90. The Bertz CT molecular complexity index is 60.6. The molecular formula is C6H15BLiO3. The Labute approximate surface area is 81.1 Å². The first-order valence-electron chi connectivity index (χ1n) is 3.69. The van der Waals surface area contributed by atoms with Crippen molar-refractivity contribution in [3.63, 3.8) is 0 Å². The molecule has 5 heteroatoms. The van der Waals surface area contributed by atoms with Crippen molar-refractivity contribution >= 4 is 26.2 Å². The van der Waals surface area contributed by atoms with E-state index in [4.69, 9.17) is 14.0 Å². The van der Waals surface area contributed by atoms with Crippen LogP contribution >= 0.6 is 0 Å². The predicted octanol–water partition coefficient (Wildman–Crippen LogP) is 0.700. The minimum Gasteiger partial charge on any atom is -0.386 e. The van der Waals surface area contributed by atoms with E-state index >= 15 is 0 Å². The first-order chi connectivity index (χ1) is 4.85. The summed E-state index contributed by atoms with van der Waals surface area (Å²) in [6.45, 7) is 7.57. The van der Waals surface area contributed by atoms with Crippen LogP contribution in [-0.4, -0.2) is 46.0 Å². The zero-order valence-corrected chi connectivity index (χ0v) is 7.92. The summed E-state index contributed by atoms with van der Waals surface area (Å²) in [6, 6.07) is 0. The molecule has 0 amide bonds. The summed E-state index contributed by atoms with van der Waals surface area (Å²) in [7, 11) is -0.472. The fraction of sp³-hybridized carbons (Fsp3) is 1.00. The van der Waals surface area contributed by atoms with E-state index in [1.165, 1.54) is 0 Å². The molecule has 0 atom stereocenters.